The van der Waals surface area contributed by atoms with Gasteiger partial charge in [0.25, 0.3) is 11.8 Å². The normalized spacial score (nSPS) is 26.2. The Morgan fingerprint density at radius 2 is 1.71 bits per heavy atom. The monoisotopic (exact) mass is 416 g/mol. The van der Waals surface area contributed by atoms with Gasteiger partial charge in [-0.15, -0.1) is 0 Å². The second kappa shape index (κ2) is 7.69. The first-order valence-electron chi connectivity index (χ1n) is 10.5. The number of para-hydroxylation sites is 1. The lowest BCUT2D eigenvalue weighted by atomic mass is 9.85. The van der Waals surface area contributed by atoms with Gasteiger partial charge in [0.2, 0.25) is 0 Å². The van der Waals surface area contributed by atoms with Crippen LogP contribution in [-0.4, -0.2) is 30.1 Å². The topological polar surface area (TPSA) is 68.2 Å². The zero-order valence-electron chi connectivity index (χ0n) is 17.5. The molecule has 2 aromatic rings. The average molecular weight is 416 g/mol. The van der Waals surface area contributed by atoms with Gasteiger partial charge in [-0.1, -0.05) is 48.0 Å². The number of hydrazone groups is 1. The highest BCUT2D eigenvalue weighted by atomic mass is 16.5. The van der Waals surface area contributed by atoms with Crippen LogP contribution < -0.4 is 9.47 Å². The molecule has 0 aromatic heterocycles. The van der Waals surface area contributed by atoms with Crippen molar-refractivity contribution in [1.82, 2.24) is 5.01 Å². The number of hydrogen-bond donors (Lipinski definition) is 0. The molecule has 0 radical (unpaired) electrons. The Bertz CT molecular complexity index is 1060. The Hall–Kier alpha value is -3.41. The minimum Gasteiger partial charge on any atom is -0.493 e. The van der Waals surface area contributed by atoms with Crippen LogP contribution in [0.4, 0.5) is 0 Å². The highest BCUT2D eigenvalue weighted by Gasteiger charge is 2.59. The van der Waals surface area contributed by atoms with E-state index in [1.165, 1.54) is 11.8 Å². The molecule has 5 rings (SSSR count). The molecule has 2 amide bonds. The third-order valence-corrected chi connectivity index (χ3v) is 6.49. The van der Waals surface area contributed by atoms with E-state index in [2.05, 4.69) is 17.3 Å². The number of allylic oxidation sites excluding steroid dienone is 2. The van der Waals surface area contributed by atoms with Gasteiger partial charge in [0.1, 0.15) is 6.61 Å². The van der Waals surface area contributed by atoms with Crippen molar-refractivity contribution in [2.45, 2.75) is 20.0 Å². The van der Waals surface area contributed by atoms with Crippen LogP contribution in [-0.2, 0) is 16.2 Å². The van der Waals surface area contributed by atoms with Crippen LogP contribution in [0.2, 0.25) is 0 Å². The lowest BCUT2D eigenvalue weighted by Gasteiger charge is -2.14. The Morgan fingerprint density at radius 3 is 2.35 bits per heavy atom. The Morgan fingerprint density at radius 1 is 1.03 bits per heavy atom. The molecule has 1 aliphatic heterocycles. The Kier molecular flexibility index (Phi) is 4.85. The molecule has 2 fully saturated rings. The first-order chi connectivity index (χ1) is 15.1. The molecule has 4 atom stereocenters. The first-order valence-corrected chi connectivity index (χ1v) is 10.5. The van der Waals surface area contributed by atoms with Gasteiger partial charge in [0.05, 0.1) is 25.2 Å². The summed E-state index contributed by atoms with van der Waals surface area (Å²) in [5, 5.41) is 5.33. The van der Waals surface area contributed by atoms with Crippen molar-refractivity contribution >= 4 is 18.0 Å². The Balaban J connectivity index is 1.38. The number of carbonyl (C=O) groups is 2. The molecule has 6 heteroatoms. The van der Waals surface area contributed by atoms with Crippen molar-refractivity contribution in [2.24, 2.45) is 28.8 Å². The van der Waals surface area contributed by atoms with Crippen LogP contribution in [0.25, 0.3) is 0 Å². The number of methoxy groups -OCH3 is 1. The van der Waals surface area contributed by atoms with Gasteiger partial charge in [0, 0.05) is 5.56 Å². The molecule has 3 aliphatic rings. The number of amides is 2. The van der Waals surface area contributed by atoms with Crippen LogP contribution in [0.1, 0.15) is 23.1 Å². The molecule has 31 heavy (non-hydrogen) atoms. The van der Waals surface area contributed by atoms with E-state index in [-0.39, 0.29) is 35.5 Å². The number of rotatable bonds is 6. The molecule has 1 saturated heterocycles. The molecule has 158 valence electrons. The minimum atomic E-state index is -0.262. The van der Waals surface area contributed by atoms with E-state index in [4.69, 9.17) is 9.47 Å². The van der Waals surface area contributed by atoms with E-state index in [1.54, 1.807) is 7.11 Å². The van der Waals surface area contributed by atoms with Crippen molar-refractivity contribution in [3.05, 3.63) is 71.3 Å². The second-order valence-electron chi connectivity index (χ2n) is 8.39. The standard InChI is InChI=1S/C25H24N2O4/c1-15-6-8-16(9-7-15)14-31-23-19(4-3-5-20(23)30-2)13-26-27-24(28)21-17-10-11-18(12-17)22(21)25(27)29/h3-11,13,17-18,21-22H,12,14H2,1-2H3. The highest BCUT2D eigenvalue weighted by Crippen LogP contribution is 2.52. The van der Waals surface area contributed by atoms with Crippen molar-refractivity contribution in [2.75, 3.05) is 7.11 Å². The lowest BCUT2D eigenvalue weighted by molar-refractivity contribution is -0.140. The van der Waals surface area contributed by atoms with E-state index in [1.807, 2.05) is 49.4 Å². The molecule has 6 nitrogen and oxygen atoms in total. The van der Waals surface area contributed by atoms with Crippen LogP contribution in [0, 0.1) is 30.6 Å². The number of carbonyl (C=O) groups excluding carboxylic acids is 2. The van der Waals surface area contributed by atoms with E-state index >= 15 is 0 Å². The smallest absolute Gasteiger partial charge is 0.254 e. The van der Waals surface area contributed by atoms with Crippen LogP contribution in [0.15, 0.2) is 59.7 Å². The summed E-state index contributed by atoms with van der Waals surface area (Å²) in [5.41, 5.74) is 2.85. The summed E-state index contributed by atoms with van der Waals surface area (Å²) in [4.78, 5) is 25.7. The summed E-state index contributed by atoms with van der Waals surface area (Å²) >= 11 is 0. The fourth-order valence-electron chi connectivity index (χ4n) is 4.91. The molecule has 2 bridgehead atoms. The lowest BCUT2D eigenvalue weighted by Crippen LogP contribution is -2.28. The molecular formula is C25H24N2O4. The zero-order chi connectivity index (χ0) is 21.5. The molecule has 1 saturated carbocycles. The third-order valence-electron chi connectivity index (χ3n) is 6.49. The van der Waals surface area contributed by atoms with E-state index < -0.39 is 0 Å². The number of ether oxygens (including phenoxy) is 2. The predicted molar refractivity (Wildman–Crippen MR) is 116 cm³/mol. The van der Waals surface area contributed by atoms with Gasteiger partial charge in [-0.3, -0.25) is 9.59 Å². The van der Waals surface area contributed by atoms with Gasteiger partial charge in [-0.25, -0.2) is 0 Å². The summed E-state index contributed by atoms with van der Waals surface area (Å²) in [6, 6.07) is 13.6. The second-order valence-corrected chi connectivity index (χ2v) is 8.39. The van der Waals surface area contributed by atoms with Gasteiger partial charge in [-0.2, -0.15) is 10.1 Å². The highest BCUT2D eigenvalue weighted by molar-refractivity contribution is 6.07. The fraction of sp³-hybridized carbons (Fsp3) is 0.320. The summed E-state index contributed by atoms with van der Waals surface area (Å²) in [7, 11) is 1.58. The SMILES string of the molecule is COc1cccc(C=NN2C(=O)C3C4C=CC(C4)C3C2=O)c1OCc1ccc(C)cc1. The number of nitrogens with zero attached hydrogens (tertiary/aromatic N) is 2. The summed E-state index contributed by atoms with van der Waals surface area (Å²) in [5.74, 6) is 0.490. The van der Waals surface area contributed by atoms with Crippen molar-refractivity contribution in [3.8, 4) is 11.5 Å². The summed E-state index contributed by atoms with van der Waals surface area (Å²) in [6.45, 7) is 2.40. The first kappa shape index (κ1) is 19.5. The van der Waals surface area contributed by atoms with E-state index in [0.717, 1.165) is 17.0 Å². The van der Waals surface area contributed by atoms with Crippen molar-refractivity contribution < 1.29 is 19.1 Å². The molecule has 0 spiro atoms. The largest absolute Gasteiger partial charge is 0.493 e. The molecular weight excluding hydrogens is 392 g/mol. The maximum atomic E-state index is 12.9. The number of hydrogen-bond acceptors (Lipinski definition) is 5. The number of imide groups is 1. The molecule has 2 aliphatic carbocycles. The third kappa shape index (κ3) is 3.32. The van der Waals surface area contributed by atoms with Gasteiger partial charge < -0.3 is 9.47 Å². The van der Waals surface area contributed by atoms with E-state index in [9.17, 15) is 9.59 Å². The van der Waals surface area contributed by atoms with Crippen molar-refractivity contribution in [1.29, 1.82) is 0 Å². The van der Waals surface area contributed by atoms with Crippen LogP contribution in [0.5, 0.6) is 11.5 Å². The van der Waals surface area contributed by atoms with E-state index in [0.29, 0.717) is 23.7 Å². The number of fused-ring (bicyclic) bond motifs is 5. The fourth-order valence-corrected chi connectivity index (χ4v) is 4.91. The van der Waals surface area contributed by atoms with Gasteiger partial charge in [0.15, 0.2) is 11.5 Å². The zero-order valence-corrected chi connectivity index (χ0v) is 17.5. The number of benzene rings is 2. The molecule has 1 heterocycles. The quantitative estimate of drug-likeness (QED) is 0.409. The maximum Gasteiger partial charge on any atom is 0.254 e. The minimum absolute atomic E-state index is 0.164. The predicted octanol–water partition coefficient (Wildman–Crippen LogP) is 3.72. The maximum absolute atomic E-state index is 12.9. The van der Waals surface area contributed by atoms with Gasteiger partial charge in [-0.05, 0) is 42.9 Å². The average Bonchev–Trinajstić information content (AvgIpc) is 3.46. The van der Waals surface area contributed by atoms with Crippen molar-refractivity contribution in [3.63, 3.8) is 0 Å². The summed E-state index contributed by atoms with van der Waals surface area (Å²) in [6.07, 6.45) is 6.56. The summed E-state index contributed by atoms with van der Waals surface area (Å²) < 4.78 is 11.5. The number of aryl methyl sites for hydroxylation is 1. The van der Waals surface area contributed by atoms with Crippen LogP contribution >= 0.6 is 0 Å². The molecule has 2 aromatic carbocycles. The van der Waals surface area contributed by atoms with Gasteiger partial charge >= 0.3 is 0 Å². The molecule has 4 unspecified atom stereocenters. The molecule has 0 N–H and O–H groups in total. The van der Waals surface area contributed by atoms with Crippen LogP contribution in [0.3, 0.4) is 0 Å². The Labute approximate surface area is 181 Å².